The Morgan fingerprint density at radius 3 is 2.50 bits per heavy atom. The molecule has 2 unspecified atom stereocenters. The van der Waals surface area contributed by atoms with Gasteiger partial charge in [0.25, 0.3) is 0 Å². The molecule has 1 radical (unpaired) electrons. The van der Waals surface area contributed by atoms with E-state index >= 15 is 0 Å². The standard InChI is InChI=1S/C6H10BrO/c7-5-2-1-3-6(8)4-5/h5-6H,1-4H2. The van der Waals surface area contributed by atoms with E-state index in [1.54, 1.807) is 0 Å². The molecule has 1 aliphatic carbocycles. The maximum atomic E-state index is 10.7. The minimum Gasteiger partial charge on any atom is -0.233 e. The van der Waals surface area contributed by atoms with Gasteiger partial charge in [0.05, 0.1) is 6.10 Å². The monoisotopic (exact) mass is 177 g/mol. The molecule has 2 atom stereocenters. The maximum Gasteiger partial charge on any atom is 0.0940 e. The van der Waals surface area contributed by atoms with Crippen molar-refractivity contribution in [1.29, 1.82) is 0 Å². The van der Waals surface area contributed by atoms with Crippen LogP contribution >= 0.6 is 15.9 Å². The average Bonchev–Trinajstić information content (AvgIpc) is 1.64. The topological polar surface area (TPSA) is 19.9 Å². The van der Waals surface area contributed by atoms with Gasteiger partial charge in [0.15, 0.2) is 0 Å². The molecule has 2 heteroatoms. The number of rotatable bonds is 0. The van der Waals surface area contributed by atoms with Gasteiger partial charge < -0.3 is 0 Å². The molecule has 1 fully saturated rings. The average molecular weight is 178 g/mol. The lowest BCUT2D eigenvalue weighted by molar-refractivity contribution is 0.0592. The lowest BCUT2D eigenvalue weighted by Crippen LogP contribution is -2.17. The van der Waals surface area contributed by atoms with Gasteiger partial charge in [0, 0.05) is 4.83 Å². The molecule has 0 spiro atoms. The van der Waals surface area contributed by atoms with Crippen molar-refractivity contribution >= 4 is 15.9 Å². The molecule has 0 aliphatic heterocycles. The molecule has 0 aromatic rings. The van der Waals surface area contributed by atoms with Crippen LogP contribution in [0.2, 0.25) is 0 Å². The third kappa shape index (κ3) is 1.75. The maximum absolute atomic E-state index is 10.7. The Bertz CT molecular complexity index is 66.9. The largest absolute Gasteiger partial charge is 0.233 e. The van der Waals surface area contributed by atoms with E-state index in [0.29, 0.717) is 4.83 Å². The highest BCUT2D eigenvalue weighted by atomic mass is 79.9. The van der Waals surface area contributed by atoms with Crippen molar-refractivity contribution in [3.05, 3.63) is 0 Å². The molecule has 0 saturated heterocycles. The van der Waals surface area contributed by atoms with Crippen LogP contribution < -0.4 is 0 Å². The van der Waals surface area contributed by atoms with Crippen molar-refractivity contribution in [3.8, 4) is 0 Å². The van der Waals surface area contributed by atoms with E-state index in [1.165, 1.54) is 6.42 Å². The van der Waals surface area contributed by atoms with Crippen LogP contribution in [0.4, 0.5) is 0 Å². The highest BCUT2D eigenvalue weighted by Gasteiger charge is 2.17. The first-order valence-electron chi connectivity index (χ1n) is 3.09. The fourth-order valence-corrected chi connectivity index (χ4v) is 1.83. The summed E-state index contributed by atoms with van der Waals surface area (Å²) >= 11 is 3.43. The second-order valence-electron chi connectivity index (χ2n) is 2.39. The summed E-state index contributed by atoms with van der Waals surface area (Å²) in [6, 6.07) is 0. The van der Waals surface area contributed by atoms with Crippen molar-refractivity contribution in [1.82, 2.24) is 0 Å². The highest BCUT2D eigenvalue weighted by Crippen LogP contribution is 2.23. The minimum absolute atomic E-state index is 0.284. The number of halogens is 1. The summed E-state index contributed by atoms with van der Waals surface area (Å²) in [4.78, 5) is 0.513. The number of hydrogen-bond donors (Lipinski definition) is 0. The molecule has 1 saturated carbocycles. The van der Waals surface area contributed by atoms with Crippen LogP contribution in [-0.4, -0.2) is 10.9 Å². The van der Waals surface area contributed by atoms with E-state index in [0.717, 1.165) is 19.3 Å². The third-order valence-electron chi connectivity index (χ3n) is 1.56. The molecule has 47 valence electrons. The van der Waals surface area contributed by atoms with Crippen molar-refractivity contribution in [3.63, 3.8) is 0 Å². The van der Waals surface area contributed by atoms with Crippen LogP contribution in [0, 0.1) is 0 Å². The highest BCUT2D eigenvalue weighted by molar-refractivity contribution is 9.09. The molecule has 0 amide bonds. The summed E-state index contributed by atoms with van der Waals surface area (Å²) in [5, 5.41) is 10.7. The van der Waals surface area contributed by atoms with Gasteiger partial charge in [0.1, 0.15) is 0 Å². The molecule has 1 rings (SSSR count). The molecular weight excluding hydrogens is 168 g/mol. The van der Waals surface area contributed by atoms with Gasteiger partial charge >= 0.3 is 0 Å². The van der Waals surface area contributed by atoms with Crippen LogP contribution in [0.3, 0.4) is 0 Å². The molecule has 0 N–H and O–H groups in total. The molecule has 0 bridgehead atoms. The van der Waals surface area contributed by atoms with Gasteiger partial charge in [-0.3, -0.25) is 0 Å². The Labute approximate surface area is 58.2 Å². The van der Waals surface area contributed by atoms with Gasteiger partial charge in [-0.25, -0.2) is 5.11 Å². The predicted molar refractivity (Wildman–Crippen MR) is 35.7 cm³/mol. The Morgan fingerprint density at radius 2 is 2.12 bits per heavy atom. The Kier molecular flexibility index (Phi) is 2.32. The lowest BCUT2D eigenvalue weighted by Gasteiger charge is -2.18. The van der Waals surface area contributed by atoms with E-state index in [-0.39, 0.29) is 6.10 Å². The molecule has 8 heavy (non-hydrogen) atoms. The predicted octanol–water partition coefficient (Wildman–Crippen LogP) is 2.12. The van der Waals surface area contributed by atoms with Gasteiger partial charge in [-0.1, -0.05) is 15.9 Å². The molecule has 1 aliphatic rings. The quantitative estimate of drug-likeness (QED) is 0.506. The molecule has 0 aromatic heterocycles. The number of hydrogen-bond acceptors (Lipinski definition) is 0. The van der Waals surface area contributed by atoms with E-state index in [1.807, 2.05) is 0 Å². The smallest absolute Gasteiger partial charge is 0.0940 e. The second kappa shape index (κ2) is 2.83. The summed E-state index contributed by atoms with van der Waals surface area (Å²) in [6.07, 6.45) is 3.75. The molecular formula is C6H10BrO. The minimum atomic E-state index is -0.284. The Hall–Kier alpha value is 0.440. The fraction of sp³-hybridized carbons (Fsp3) is 1.00. The fourth-order valence-electron chi connectivity index (χ4n) is 1.09. The van der Waals surface area contributed by atoms with Gasteiger partial charge in [-0.05, 0) is 25.7 Å². The summed E-state index contributed by atoms with van der Waals surface area (Å²) in [7, 11) is 0. The van der Waals surface area contributed by atoms with Crippen LogP contribution in [0.5, 0.6) is 0 Å². The summed E-state index contributed by atoms with van der Waals surface area (Å²) in [6.45, 7) is 0. The van der Waals surface area contributed by atoms with E-state index in [2.05, 4.69) is 15.9 Å². The molecule has 0 aromatic carbocycles. The Morgan fingerprint density at radius 1 is 1.38 bits per heavy atom. The van der Waals surface area contributed by atoms with Crippen LogP contribution in [-0.2, 0) is 5.11 Å². The summed E-state index contributed by atoms with van der Waals surface area (Å²) < 4.78 is 0. The number of alkyl halides is 1. The third-order valence-corrected chi connectivity index (χ3v) is 2.39. The zero-order valence-corrected chi connectivity index (χ0v) is 6.36. The van der Waals surface area contributed by atoms with Crippen LogP contribution in [0.1, 0.15) is 25.7 Å². The van der Waals surface area contributed by atoms with Gasteiger partial charge in [-0.2, -0.15) is 0 Å². The first-order valence-corrected chi connectivity index (χ1v) is 4.00. The first kappa shape index (κ1) is 6.56. The zero-order chi connectivity index (χ0) is 5.98. The van der Waals surface area contributed by atoms with Crippen molar-refractivity contribution in [2.75, 3.05) is 0 Å². The van der Waals surface area contributed by atoms with Crippen molar-refractivity contribution in [2.24, 2.45) is 0 Å². The SMILES string of the molecule is [O]C1CCCC(Br)C1. The first-order chi connectivity index (χ1) is 3.79. The van der Waals surface area contributed by atoms with Crippen LogP contribution in [0.15, 0.2) is 0 Å². The van der Waals surface area contributed by atoms with E-state index < -0.39 is 0 Å². The van der Waals surface area contributed by atoms with Crippen molar-refractivity contribution in [2.45, 2.75) is 36.6 Å². The van der Waals surface area contributed by atoms with Gasteiger partial charge in [0.2, 0.25) is 0 Å². The van der Waals surface area contributed by atoms with Crippen LogP contribution in [0.25, 0.3) is 0 Å². The van der Waals surface area contributed by atoms with Gasteiger partial charge in [-0.15, -0.1) is 0 Å². The van der Waals surface area contributed by atoms with E-state index in [4.69, 9.17) is 0 Å². The lowest BCUT2D eigenvalue weighted by atomic mass is 9.98. The summed E-state index contributed by atoms with van der Waals surface area (Å²) in [5.74, 6) is 0. The normalized spacial score (nSPS) is 39.8. The Balaban J connectivity index is 2.23. The summed E-state index contributed by atoms with van der Waals surface area (Å²) in [5.41, 5.74) is 0. The second-order valence-corrected chi connectivity index (χ2v) is 3.68. The zero-order valence-electron chi connectivity index (χ0n) is 4.77. The van der Waals surface area contributed by atoms with E-state index in [9.17, 15) is 5.11 Å². The van der Waals surface area contributed by atoms with Crippen molar-refractivity contribution < 1.29 is 5.11 Å². The molecule has 1 nitrogen and oxygen atoms in total. The molecule has 0 heterocycles.